The smallest absolute Gasteiger partial charge is 0.271 e. The highest BCUT2D eigenvalue weighted by Gasteiger charge is 2.12. The number of nitrogens with zero attached hydrogens (tertiary/aromatic N) is 2. The number of carbonyl (C=O) groups is 1. The molecule has 3 N–H and O–H groups in total. The Hall–Kier alpha value is -4.33. The molecular formula is C25H24N4O4. The fourth-order valence-electron chi connectivity index (χ4n) is 3.34. The number of phenolic OH excluding ortho intramolecular Hbond substituents is 1. The molecule has 168 valence electrons. The maximum atomic E-state index is 12.6. The van der Waals surface area contributed by atoms with E-state index in [0.29, 0.717) is 52.7 Å². The van der Waals surface area contributed by atoms with E-state index in [1.165, 1.54) is 6.21 Å². The molecule has 0 unspecified atom stereocenters. The van der Waals surface area contributed by atoms with Crippen LogP contribution in [0.2, 0.25) is 0 Å². The molecule has 8 nitrogen and oxygen atoms in total. The molecular weight excluding hydrogens is 420 g/mol. The molecule has 0 aliphatic rings. The van der Waals surface area contributed by atoms with E-state index < -0.39 is 0 Å². The number of aromatic nitrogens is 2. The Bertz CT molecular complexity index is 1310. The van der Waals surface area contributed by atoms with Crippen LogP contribution in [0.3, 0.4) is 0 Å². The molecule has 1 amide bonds. The summed E-state index contributed by atoms with van der Waals surface area (Å²) in [5, 5.41) is 14.1. The van der Waals surface area contributed by atoms with Gasteiger partial charge in [0.05, 0.1) is 36.0 Å². The molecule has 0 atom stereocenters. The van der Waals surface area contributed by atoms with E-state index in [1.54, 1.807) is 42.5 Å². The lowest BCUT2D eigenvalue weighted by Crippen LogP contribution is -2.17. The third kappa shape index (κ3) is 4.95. The standard InChI is InChI=1S/C25H24N4O4/c1-3-32-18-11-9-17(23(14-18)33-4-2)15-26-29-25(31)16-10-12-20-21(13-16)28-24(27-20)19-7-5-6-8-22(19)30/h5-15,30H,3-4H2,1-2H3,(H,27,28)(H,29,31)/b26-15+. The summed E-state index contributed by atoms with van der Waals surface area (Å²) in [5.74, 6) is 1.62. The highest BCUT2D eigenvalue weighted by molar-refractivity contribution is 5.98. The van der Waals surface area contributed by atoms with Crippen molar-refractivity contribution in [2.75, 3.05) is 13.2 Å². The molecule has 4 aromatic rings. The van der Waals surface area contributed by atoms with Gasteiger partial charge < -0.3 is 19.6 Å². The van der Waals surface area contributed by atoms with Crippen LogP contribution in [0.1, 0.15) is 29.8 Å². The second-order valence-corrected chi connectivity index (χ2v) is 7.10. The summed E-state index contributed by atoms with van der Waals surface area (Å²) in [4.78, 5) is 20.3. The summed E-state index contributed by atoms with van der Waals surface area (Å²) >= 11 is 0. The lowest BCUT2D eigenvalue weighted by Gasteiger charge is -2.10. The molecule has 0 saturated heterocycles. The Morgan fingerprint density at radius 3 is 2.70 bits per heavy atom. The minimum absolute atomic E-state index is 0.129. The van der Waals surface area contributed by atoms with Gasteiger partial charge in [-0.2, -0.15) is 5.10 Å². The van der Waals surface area contributed by atoms with Gasteiger partial charge in [0, 0.05) is 17.2 Å². The zero-order valence-corrected chi connectivity index (χ0v) is 18.3. The number of amides is 1. The van der Waals surface area contributed by atoms with Crippen molar-refractivity contribution in [1.29, 1.82) is 0 Å². The van der Waals surface area contributed by atoms with Crippen molar-refractivity contribution < 1.29 is 19.4 Å². The largest absolute Gasteiger partial charge is 0.507 e. The third-order valence-electron chi connectivity index (χ3n) is 4.87. The molecule has 33 heavy (non-hydrogen) atoms. The van der Waals surface area contributed by atoms with Gasteiger partial charge in [-0.1, -0.05) is 12.1 Å². The number of aromatic amines is 1. The minimum atomic E-state index is -0.365. The number of phenols is 1. The molecule has 4 rings (SSSR count). The molecule has 1 heterocycles. The van der Waals surface area contributed by atoms with E-state index in [-0.39, 0.29) is 11.7 Å². The van der Waals surface area contributed by atoms with E-state index >= 15 is 0 Å². The normalized spacial score (nSPS) is 11.1. The van der Waals surface area contributed by atoms with Crippen molar-refractivity contribution in [3.05, 3.63) is 71.8 Å². The van der Waals surface area contributed by atoms with Gasteiger partial charge in [0.15, 0.2) is 0 Å². The number of rotatable bonds is 8. The topological polar surface area (TPSA) is 109 Å². The van der Waals surface area contributed by atoms with Gasteiger partial charge in [0.25, 0.3) is 5.91 Å². The average molecular weight is 444 g/mol. The Labute approximate surface area is 190 Å². The minimum Gasteiger partial charge on any atom is -0.507 e. The van der Waals surface area contributed by atoms with Gasteiger partial charge in [-0.3, -0.25) is 4.79 Å². The number of fused-ring (bicyclic) bond motifs is 1. The molecule has 0 aliphatic heterocycles. The molecule has 0 saturated carbocycles. The molecule has 0 bridgehead atoms. The van der Waals surface area contributed by atoms with Crippen molar-refractivity contribution in [2.24, 2.45) is 5.10 Å². The SMILES string of the molecule is CCOc1ccc(/C=N/NC(=O)c2ccc3nc(-c4ccccc4O)[nH]c3c2)c(OCC)c1. The van der Waals surface area contributed by atoms with Gasteiger partial charge in [-0.05, 0) is 56.3 Å². The van der Waals surface area contributed by atoms with Crippen molar-refractivity contribution >= 4 is 23.2 Å². The van der Waals surface area contributed by atoms with Crippen LogP contribution in [0.25, 0.3) is 22.4 Å². The lowest BCUT2D eigenvalue weighted by molar-refractivity contribution is 0.0955. The Morgan fingerprint density at radius 1 is 1.09 bits per heavy atom. The first-order chi connectivity index (χ1) is 16.1. The second kappa shape index (κ2) is 9.86. The van der Waals surface area contributed by atoms with Crippen molar-refractivity contribution in [3.63, 3.8) is 0 Å². The summed E-state index contributed by atoms with van der Waals surface area (Å²) in [6.45, 7) is 4.86. The first-order valence-corrected chi connectivity index (χ1v) is 10.6. The van der Waals surface area contributed by atoms with E-state index in [9.17, 15) is 9.90 Å². The second-order valence-electron chi connectivity index (χ2n) is 7.10. The summed E-state index contributed by atoms with van der Waals surface area (Å²) in [5.41, 5.74) is 5.63. The number of aromatic hydroxyl groups is 1. The Morgan fingerprint density at radius 2 is 1.91 bits per heavy atom. The van der Waals surface area contributed by atoms with Crippen LogP contribution < -0.4 is 14.9 Å². The molecule has 3 aromatic carbocycles. The maximum Gasteiger partial charge on any atom is 0.271 e. The number of imidazole rings is 1. The molecule has 0 radical (unpaired) electrons. The molecule has 0 spiro atoms. The van der Waals surface area contributed by atoms with Crippen LogP contribution in [0.5, 0.6) is 17.2 Å². The summed E-state index contributed by atoms with van der Waals surface area (Å²) < 4.78 is 11.2. The van der Waals surface area contributed by atoms with Gasteiger partial charge in [-0.15, -0.1) is 0 Å². The third-order valence-corrected chi connectivity index (χ3v) is 4.87. The first kappa shape index (κ1) is 21.9. The number of hydrogen-bond acceptors (Lipinski definition) is 6. The van der Waals surface area contributed by atoms with Gasteiger partial charge in [-0.25, -0.2) is 10.4 Å². The molecule has 8 heteroatoms. The van der Waals surface area contributed by atoms with Crippen molar-refractivity contribution in [3.8, 4) is 28.6 Å². The fraction of sp³-hybridized carbons (Fsp3) is 0.160. The van der Waals surface area contributed by atoms with Gasteiger partial charge >= 0.3 is 0 Å². The molecule has 0 aliphatic carbocycles. The predicted molar refractivity (Wildman–Crippen MR) is 127 cm³/mol. The van der Waals surface area contributed by atoms with Crippen LogP contribution in [0.15, 0.2) is 65.8 Å². The summed E-state index contributed by atoms with van der Waals surface area (Å²) in [6, 6.07) is 17.5. The number of carbonyl (C=O) groups excluding carboxylic acids is 1. The van der Waals surface area contributed by atoms with Crippen LogP contribution >= 0.6 is 0 Å². The Kier molecular flexibility index (Phi) is 6.54. The number of hydrazone groups is 1. The van der Waals surface area contributed by atoms with Crippen molar-refractivity contribution in [2.45, 2.75) is 13.8 Å². The number of hydrogen-bond donors (Lipinski definition) is 3. The fourth-order valence-corrected chi connectivity index (χ4v) is 3.34. The number of nitrogens with one attached hydrogen (secondary N) is 2. The Balaban J connectivity index is 1.50. The first-order valence-electron chi connectivity index (χ1n) is 10.6. The number of para-hydroxylation sites is 1. The maximum absolute atomic E-state index is 12.6. The summed E-state index contributed by atoms with van der Waals surface area (Å²) in [6.07, 6.45) is 1.53. The highest BCUT2D eigenvalue weighted by atomic mass is 16.5. The molecule has 1 aromatic heterocycles. The lowest BCUT2D eigenvalue weighted by atomic mass is 10.2. The van der Waals surface area contributed by atoms with E-state index in [1.807, 2.05) is 32.0 Å². The van der Waals surface area contributed by atoms with Crippen LogP contribution in [-0.2, 0) is 0 Å². The highest BCUT2D eigenvalue weighted by Crippen LogP contribution is 2.28. The van der Waals surface area contributed by atoms with Gasteiger partial charge in [0.1, 0.15) is 23.1 Å². The van der Waals surface area contributed by atoms with Crippen LogP contribution in [0.4, 0.5) is 0 Å². The number of benzene rings is 3. The van der Waals surface area contributed by atoms with Crippen LogP contribution in [-0.4, -0.2) is 40.4 Å². The zero-order valence-electron chi connectivity index (χ0n) is 18.3. The predicted octanol–water partition coefficient (Wildman–Crippen LogP) is 4.50. The van der Waals surface area contributed by atoms with E-state index in [2.05, 4.69) is 20.5 Å². The van der Waals surface area contributed by atoms with Crippen molar-refractivity contribution in [1.82, 2.24) is 15.4 Å². The molecule has 0 fully saturated rings. The zero-order chi connectivity index (χ0) is 23.2. The van der Waals surface area contributed by atoms with E-state index in [0.717, 1.165) is 5.56 Å². The van der Waals surface area contributed by atoms with E-state index in [4.69, 9.17) is 9.47 Å². The number of ether oxygens (including phenoxy) is 2. The monoisotopic (exact) mass is 444 g/mol. The average Bonchev–Trinajstić information content (AvgIpc) is 3.24. The quantitative estimate of drug-likeness (QED) is 0.274. The van der Waals surface area contributed by atoms with Gasteiger partial charge in [0.2, 0.25) is 0 Å². The van der Waals surface area contributed by atoms with Crippen LogP contribution in [0, 0.1) is 0 Å². The summed E-state index contributed by atoms with van der Waals surface area (Å²) in [7, 11) is 0. The number of H-pyrrole nitrogens is 1.